The van der Waals surface area contributed by atoms with E-state index in [1.165, 1.54) is 11.3 Å². The highest BCUT2D eigenvalue weighted by molar-refractivity contribution is 7.13. The quantitative estimate of drug-likeness (QED) is 0.698. The van der Waals surface area contributed by atoms with Gasteiger partial charge < -0.3 is 9.80 Å². The number of pyridine rings is 1. The average molecular weight is 379 g/mol. The van der Waals surface area contributed by atoms with Gasteiger partial charge in [-0.2, -0.15) is 0 Å². The van der Waals surface area contributed by atoms with Gasteiger partial charge in [-0.25, -0.2) is 4.98 Å². The average Bonchev–Trinajstić information content (AvgIpc) is 3.17. The Morgan fingerprint density at radius 2 is 1.89 bits per heavy atom. The van der Waals surface area contributed by atoms with Crippen molar-refractivity contribution in [3.05, 3.63) is 65.4 Å². The molecule has 0 unspecified atom stereocenters. The molecule has 0 bridgehead atoms. The first-order chi connectivity index (χ1) is 13.2. The van der Waals surface area contributed by atoms with Crippen molar-refractivity contribution in [2.45, 2.75) is 13.3 Å². The van der Waals surface area contributed by atoms with E-state index in [2.05, 4.69) is 46.1 Å². The van der Waals surface area contributed by atoms with Crippen LogP contribution < -0.4 is 4.90 Å². The van der Waals surface area contributed by atoms with Gasteiger partial charge in [0, 0.05) is 55.2 Å². The highest BCUT2D eigenvalue weighted by Crippen LogP contribution is 2.23. The summed E-state index contributed by atoms with van der Waals surface area (Å²) < 4.78 is 0. The van der Waals surface area contributed by atoms with Crippen LogP contribution >= 0.6 is 11.3 Å². The fourth-order valence-corrected chi connectivity index (χ4v) is 4.15. The molecule has 0 atom stereocenters. The molecule has 2 aromatic heterocycles. The molecule has 27 heavy (non-hydrogen) atoms. The molecular weight excluding hydrogens is 356 g/mol. The Balaban J connectivity index is 1.34. The molecule has 1 aliphatic heterocycles. The second kappa shape index (κ2) is 7.88. The van der Waals surface area contributed by atoms with Crippen molar-refractivity contribution in [1.29, 1.82) is 0 Å². The van der Waals surface area contributed by atoms with E-state index in [-0.39, 0.29) is 5.91 Å². The third-order valence-corrected chi connectivity index (χ3v) is 5.75. The molecule has 0 radical (unpaired) electrons. The van der Waals surface area contributed by atoms with Crippen LogP contribution in [-0.2, 0) is 11.2 Å². The first-order valence-corrected chi connectivity index (χ1v) is 10.0. The van der Waals surface area contributed by atoms with Crippen molar-refractivity contribution in [2.75, 3.05) is 31.1 Å². The number of rotatable bonds is 4. The van der Waals surface area contributed by atoms with Gasteiger partial charge in [0.15, 0.2) is 0 Å². The second-order valence-electron chi connectivity index (χ2n) is 6.76. The molecule has 1 aliphatic rings. The maximum Gasteiger partial charge on any atom is 0.228 e. The molecule has 3 heterocycles. The van der Waals surface area contributed by atoms with Crippen molar-refractivity contribution in [1.82, 2.24) is 14.9 Å². The number of benzene rings is 1. The van der Waals surface area contributed by atoms with Gasteiger partial charge >= 0.3 is 0 Å². The maximum atomic E-state index is 12.7. The monoisotopic (exact) mass is 378 g/mol. The Bertz CT molecular complexity index is 917. The smallest absolute Gasteiger partial charge is 0.228 e. The summed E-state index contributed by atoms with van der Waals surface area (Å²) in [6.07, 6.45) is 3.89. The zero-order valence-electron chi connectivity index (χ0n) is 15.3. The van der Waals surface area contributed by atoms with Gasteiger partial charge in [0.25, 0.3) is 0 Å². The minimum atomic E-state index is 0.158. The molecule has 6 heteroatoms. The zero-order valence-corrected chi connectivity index (χ0v) is 16.2. The van der Waals surface area contributed by atoms with Crippen molar-refractivity contribution < 1.29 is 4.79 Å². The van der Waals surface area contributed by atoms with E-state index in [4.69, 9.17) is 0 Å². The molecule has 1 amide bonds. The normalized spacial score (nSPS) is 14.4. The van der Waals surface area contributed by atoms with Crippen molar-refractivity contribution in [2.24, 2.45) is 0 Å². The summed E-state index contributed by atoms with van der Waals surface area (Å²) in [4.78, 5) is 25.6. The molecule has 1 aromatic carbocycles. The molecule has 0 spiro atoms. The molecule has 1 saturated heterocycles. The lowest BCUT2D eigenvalue weighted by Gasteiger charge is -2.36. The molecule has 0 N–H and O–H groups in total. The Kier molecular flexibility index (Phi) is 5.16. The van der Waals surface area contributed by atoms with E-state index >= 15 is 0 Å². The van der Waals surface area contributed by atoms with Gasteiger partial charge in [0.2, 0.25) is 5.91 Å². The number of amides is 1. The zero-order chi connectivity index (χ0) is 18.6. The Morgan fingerprint density at radius 1 is 1.11 bits per heavy atom. The lowest BCUT2D eigenvalue weighted by Crippen LogP contribution is -2.49. The summed E-state index contributed by atoms with van der Waals surface area (Å²) in [5, 5.41) is 2.92. The highest BCUT2D eigenvalue weighted by atomic mass is 32.1. The third kappa shape index (κ3) is 4.17. The summed E-state index contributed by atoms with van der Waals surface area (Å²) in [5.41, 5.74) is 4.39. The Hall–Kier alpha value is -2.73. The number of aryl methyl sites for hydroxylation is 1. The SMILES string of the molecule is Cc1cccc(N2CCN(C(=O)Cc3csc(-c4ccncc4)n3)CC2)c1. The van der Waals surface area contributed by atoms with E-state index in [0.29, 0.717) is 6.42 Å². The molecule has 0 aliphatic carbocycles. The first-order valence-electron chi connectivity index (χ1n) is 9.13. The maximum absolute atomic E-state index is 12.7. The summed E-state index contributed by atoms with van der Waals surface area (Å²) in [5.74, 6) is 0.158. The minimum Gasteiger partial charge on any atom is -0.368 e. The Labute approximate surface area is 163 Å². The van der Waals surface area contributed by atoms with Crippen LogP contribution in [0, 0.1) is 6.92 Å². The summed E-state index contributed by atoms with van der Waals surface area (Å²) in [6, 6.07) is 12.4. The predicted octanol–water partition coefficient (Wildman–Crippen LogP) is 3.40. The largest absolute Gasteiger partial charge is 0.368 e. The van der Waals surface area contributed by atoms with E-state index < -0.39 is 0 Å². The molecule has 5 nitrogen and oxygen atoms in total. The van der Waals surface area contributed by atoms with Crippen LogP contribution in [0.15, 0.2) is 54.2 Å². The molecule has 0 saturated carbocycles. The van der Waals surface area contributed by atoms with Gasteiger partial charge in [0.1, 0.15) is 5.01 Å². The number of anilines is 1. The van der Waals surface area contributed by atoms with Crippen LogP contribution in [0.2, 0.25) is 0 Å². The third-order valence-electron chi connectivity index (χ3n) is 4.81. The van der Waals surface area contributed by atoms with Gasteiger partial charge in [-0.15, -0.1) is 11.3 Å². The van der Waals surface area contributed by atoms with E-state index in [1.54, 1.807) is 23.7 Å². The van der Waals surface area contributed by atoms with Crippen molar-refractivity contribution in [3.8, 4) is 10.6 Å². The number of hydrogen-bond donors (Lipinski definition) is 0. The fourth-order valence-electron chi connectivity index (χ4n) is 3.32. The van der Waals surface area contributed by atoms with Crippen LogP contribution in [0.5, 0.6) is 0 Å². The number of nitrogens with zero attached hydrogens (tertiary/aromatic N) is 4. The summed E-state index contributed by atoms with van der Waals surface area (Å²) in [7, 11) is 0. The Morgan fingerprint density at radius 3 is 2.63 bits per heavy atom. The first kappa shape index (κ1) is 17.7. The van der Waals surface area contributed by atoms with Gasteiger partial charge in [-0.1, -0.05) is 12.1 Å². The topological polar surface area (TPSA) is 49.3 Å². The summed E-state index contributed by atoms with van der Waals surface area (Å²) >= 11 is 1.57. The number of hydrogen-bond acceptors (Lipinski definition) is 5. The van der Waals surface area contributed by atoms with Gasteiger partial charge in [0.05, 0.1) is 12.1 Å². The number of aromatic nitrogens is 2. The number of thiazole rings is 1. The standard InChI is InChI=1S/C21H22N4OS/c1-16-3-2-4-19(13-16)24-9-11-25(12-10-24)20(26)14-18-15-27-21(23-18)17-5-7-22-8-6-17/h2-8,13,15H,9-12,14H2,1H3. The van der Waals surface area contributed by atoms with Crippen molar-refractivity contribution in [3.63, 3.8) is 0 Å². The van der Waals surface area contributed by atoms with Crippen LogP contribution in [-0.4, -0.2) is 47.0 Å². The van der Waals surface area contributed by atoms with Crippen LogP contribution in [0.3, 0.4) is 0 Å². The predicted molar refractivity (Wildman–Crippen MR) is 109 cm³/mol. The molecule has 138 valence electrons. The number of carbonyl (C=O) groups excluding carboxylic acids is 1. The van der Waals surface area contributed by atoms with Gasteiger partial charge in [-0.3, -0.25) is 9.78 Å². The molecular formula is C21H22N4OS. The lowest BCUT2D eigenvalue weighted by atomic mass is 10.2. The molecule has 1 fully saturated rings. The van der Waals surface area contributed by atoms with Crippen LogP contribution in [0.4, 0.5) is 5.69 Å². The lowest BCUT2D eigenvalue weighted by molar-refractivity contribution is -0.130. The summed E-state index contributed by atoms with van der Waals surface area (Å²) in [6.45, 7) is 5.36. The van der Waals surface area contributed by atoms with E-state index in [1.807, 2.05) is 22.4 Å². The van der Waals surface area contributed by atoms with Crippen LogP contribution in [0.25, 0.3) is 10.6 Å². The second-order valence-corrected chi connectivity index (χ2v) is 7.62. The van der Waals surface area contributed by atoms with Gasteiger partial charge in [-0.05, 0) is 36.8 Å². The molecule has 3 aromatic rings. The molecule has 4 rings (SSSR count). The van der Waals surface area contributed by atoms with Crippen molar-refractivity contribution >= 4 is 22.9 Å². The number of piperazine rings is 1. The van der Waals surface area contributed by atoms with E-state index in [0.717, 1.165) is 42.4 Å². The fraction of sp³-hybridized carbons (Fsp3) is 0.286. The highest BCUT2D eigenvalue weighted by Gasteiger charge is 2.22. The van der Waals surface area contributed by atoms with Crippen LogP contribution in [0.1, 0.15) is 11.3 Å². The minimum absolute atomic E-state index is 0.158. The van der Waals surface area contributed by atoms with E-state index in [9.17, 15) is 4.79 Å². The number of carbonyl (C=O) groups is 1.